The Balaban J connectivity index is 1.98. The summed E-state index contributed by atoms with van der Waals surface area (Å²) in [7, 11) is 0. The van der Waals surface area contributed by atoms with Crippen molar-refractivity contribution in [1.29, 1.82) is 0 Å². The predicted octanol–water partition coefficient (Wildman–Crippen LogP) is 5.88. The van der Waals surface area contributed by atoms with Gasteiger partial charge in [-0.3, -0.25) is 4.79 Å². The Hall–Kier alpha value is -2.27. The number of hydrogen-bond acceptors (Lipinski definition) is 2. The number of halogens is 4. The first kappa shape index (κ1) is 18.5. The van der Waals surface area contributed by atoms with Crippen LogP contribution in [0.3, 0.4) is 0 Å². The maximum Gasteiger partial charge on any atom is 0.420 e. The standard InChI is InChI=1S/C20H16ClF3O2/c1-19(2)11-14-10-13(5-8-17(14)26-19)18(25)16(20(22,23)24)9-12-3-6-15(21)7-4-12/h3-10H,11H2,1-2H3/b16-9+. The summed E-state index contributed by atoms with van der Waals surface area (Å²) >= 11 is 5.75. The Morgan fingerprint density at radius 3 is 2.42 bits per heavy atom. The fourth-order valence-electron chi connectivity index (χ4n) is 2.91. The molecule has 0 amide bonds. The Bertz CT molecular complexity index is 881. The van der Waals surface area contributed by atoms with Crippen molar-refractivity contribution in [3.63, 3.8) is 0 Å². The largest absolute Gasteiger partial charge is 0.487 e. The Morgan fingerprint density at radius 1 is 1.15 bits per heavy atom. The van der Waals surface area contributed by atoms with Crippen LogP contribution in [-0.4, -0.2) is 17.6 Å². The van der Waals surface area contributed by atoms with E-state index >= 15 is 0 Å². The summed E-state index contributed by atoms with van der Waals surface area (Å²) in [5.41, 5.74) is -0.689. The van der Waals surface area contributed by atoms with Gasteiger partial charge in [-0.15, -0.1) is 0 Å². The van der Waals surface area contributed by atoms with Gasteiger partial charge in [-0.25, -0.2) is 0 Å². The second-order valence-corrected chi connectivity index (χ2v) is 7.23. The molecule has 0 bridgehead atoms. The van der Waals surface area contributed by atoms with Gasteiger partial charge in [0.2, 0.25) is 0 Å². The van der Waals surface area contributed by atoms with Crippen molar-refractivity contribution in [2.75, 3.05) is 0 Å². The van der Waals surface area contributed by atoms with Gasteiger partial charge in [0.05, 0.1) is 0 Å². The molecule has 2 nitrogen and oxygen atoms in total. The minimum atomic E-state index is -4.77. The van der Waals surface area contributed by atoms with Crippen molar-refractivity contribution < 1.29 is 22.7 Å². The lowest BCUT2D eigenvalue weighted by atomic mass is 9.96. The summed E-state index contributed by atoms with van der Waals surface area (Å²) in [6.07, 6.45) is -3.40. The second kappa shape index (κ2) is 6.47. The molecule has 0 atom stereocenters. The molecule has 0 N–H and O–H groups in total. The van der Waals surface area contributed by atoms with Crippen LogP contribution in [-0.2, 0) is 6.42 Å². The topological polar surface area (TPSA) is 26.3 Å². The number of hydrogen-bond donors (Lipinski definition) is 0. The van der Waals surface area contributed by atoms with Crippen LogP contribution in [0.1, 0.15) is 35.3 Å². The lowest BCUT2D eigenvalue weighted by Gasteiger charge is -2.16. The molecule has 0 saturated heterocycles. The van der Waals surface area contributed by atoms with Gasteiger partial charge >= 0.3 is 6.18 Å². The molecule has 2 aromatic rings. The molecular formula is C20H16ClF3O2. The van der Waals surface area contributed by atoms with Crippen LogP contribution in [0.4, 0.5) is 13.2 Å². The smallest absolute Gasteiger partial charge is 0.420 e. The van der Waals surface area contributed by atoms with Crippen molar-refractivity contribution in [2.24, 2.45) is 0 Å². The third kappa shape index (κ3) is 3.93. The molecule has 0 fully saturated rings. The van der Waals surface area contributed by atoms with E-state index in [0.717, 1.165) is 11.6 Å². The van der Waals surface area contributed by atoms with Gasteiger partial charge in [0.15, 0.2) is 5.78 Å². The number of fused-ring (bicyclic) bond motifs is 1. The maximum absolute atomic E-state index is 13.5. The lowest BCUT2D eigenvalue weighted by Crippen LogP contribution is -2.24. The van der Waals surface area contributed by atoms with E-state index in [2.05, 4.69) is 0 Å². The fourth-order valence-corrected chi connectivity index (χ4v) is 3.03. The highest BCUT2D eigenvalue weighted by Crippen LogP contribution is 2.37. The van der Waals surface area contributed by atoms with Crippen LogP contribution in [0.5, 0.6) is 5.75 Å². The predicted molar refractivity (Wildman–Crippen MR) is 94.7 cm³/mol. The number of ether oxygens (including phenoxy) is 1. The SMILES string of the molecule is CC1(C)Cc2cc(C(=O)/C(=C\c3ccc(Cl)cc3)C(F)(F)F)ccc2O1. The average Bonchev–Trinajstić information content (AvgIpc) is 2.85. The van der Waals surface area contributed by atoms with Crippen LogP contribution in [0, 0.1) is 0 Å². The summed E-state index contributed by atoms with van der Waals surface area (Å²) < 4.78 is 46.1. The van der Waals surface area contributed by atoms with Gasteiger partial charge in [-0.1, -0.05) is 23.7 Å². The van der Waals surface area contributed by atoms with E-state index in [-0.39, 0.29) is 11.1 Å². The maximum atomic E-state index is 13.5. The minimum Gasteiger partial charge on any atom is -0.487 e. The van der Waals surface area contributed by atoms with Gasteiger partial charge in [-0.2, -0.15) is 13.2 Å². The van der Waals surface area contributed by atoms with E-state index in [4.69, 9.17) is 16.3 Å². The fraction of sp³-hybridized carbons (Fsp3) is 0.250. The molecule has 1 heterocycles. The van der Waals surface area contributed by atoms with Crippen LogP contribution >= 0.6 is 11.6 Å². The van der Waals surface area contributed by atoms with Crippen LogP contribution in [0.25, 0.3) is 6.08 Å². The first-order chi connectivity index (χ1) is 12.0. The molecule has 6 heteroatoms. The number of Topliss-reactive ketones (excluding diaryl/α,β-unsaturated/α-hetero) is 1. The number of allylic oxidation sites excluding steroid dienone is 1. The van der Waals surface area contributed by atoms with Crippen molar-refractivity contribution >= 4 is 23.5 Å². The van der Waals surface area contributed by atoms with E-state index in [1.807, 2.05) is 13.8 Å². The molecule has 1 aliphatic heterocycles. The molecule has 0 aliphatic carbocycles. The third-order valence-corrected chi connectivity index (χ3v) is 4.31. The highest BCUT2D eigenvalue weighted by Gasteiger charge is 2.39. The Kier molecular flexibility index (Phi) is 4.61. The van der Waals surface area contributed by atoms with E-state index in [1.54, 1.807) is 6.07 Å². The van der Waals surface area contributed by atoms with Crippen molar-refractivity contribution in [3.05, 3.63) is 69.8 Å². The average molecular weight is 381 g/mol. The van der Waals surface area contributed by atoms with Crippen LogP contribution in [0.2, 0.25) is 5.02 Å². The first-order valence-electron chi connectivity index (χ1n) is 7.96. The Morgan fingerprint density at radius 2 is 1.81 bits per heavy atom. The van der Waals surface area contributed by atoms with Crippen molar-refractivity contribution in [3.8, 4) is 5.75 Å². The number of carbonyl (C=O) groups excluding carboxylic acids is 1. The number of ketones is 1. The molecule has 0 saturated carbocycles. The van der Waals surface area contributed by atoms with Crippen molar-refractivity contribution in [1.82, 2.24) is 0 Å². The van der Waals surface area contributed by atoms with Gasteiger partial charge in [0.25, 0.3) is 0 Å². The molecule has 26 heavy (non-hydrogen) atoms. The normalized spacial score (nSPS) is 16.2. The van der Waals surface area contributed by atoms with Gasteiger partial charge in [0.1, 0.15) is 16.9 Å². The first-order valence-corrected chi connectivity index (χ1v) is 8.34. The van der Waals surface area contributed by atoms with Gasteiger partial charge in [-0.05, 0) is 61.4 Å². The highest BCUT2D eigenvalue weighted by atomic mass is 35.5. The zero-order chi connectivity index (χ0) is 19.1. The lowest BCUT2D eigenvalue weighted by molar-refractivity contribution is -0.0878. The molecule has 0 aromatic heterocycles. The zero-order valence-electron chi connectivity index (χ0n) is 14.2. The Labute approximate surface area is 154 Å². The number of benzene rings is 2. The molecule has 0 spiro atoms. The third-order valence-electron chi connectivity index (χ3n) is 4.06. The molecule has 136 valence electrons. The minimum absolute atomic E-state index is 0.0115. The summed E-state index contributed by atoms with van der Waals surface area (Å²) in [6, 6.07) is 10.2. The summed E-state index contributed by atoms with van der Waals surface area (Å²) in [6.45, 7) is 3.77. The number of rotatable bonds is 3. The monoisotopic (exact) mass is 380 g/mol. The molecule has 0 unspecified atom stereocenters. The summed E-state index contributed by atoms with van der Waals surface area (Å²) in [5, 5.41) is 0.406. The number of carbonyl (C=O) groups is 1. The summed E-state index contributed by atoms with van der Waals surface area (Å²) in [5.74, 6) is -0.471. The second-order valence-electron chi connectivity index (χ2n) is 6.80. The van der Waals surface area contributed by atoms with E-state index < -0.39 is 23.1 Å². The van der Waals surface area contributed by atoms with Gasteiger partial charge < -0.3 is 4.74 Å². The van der Waals surface area contributed by atoms with E-state index in [9.17, 15) is 18.0 Å². The molecule has 2 aromatic carbocycles. The van der Waals surface area contributed by atoms with Crippen molar-refractivity contribution in [2.45, 2.75) is 32.0 Å². The van der Waals surface area contributed by atoms with E-state index in [0.29, 0.717) is 17.2 Å². The summed E-state index contributed by atoms with van der Waals surface area (Å²) in [4.78, 5) is 12.6. The van der Waals surface area contributed by atoms with Crippen LogP contribution in [0.15, 0.2) is 48.0 Å². The molecule has 1 aliphatic rings. The van der Waals surface area contributed by atoms with Gasteiger partial charge in [0, 0.05) is 17.0 Å². The van der Waals surface area contributed by atoms with Crippen LogP contribution < -0.4 is 4.74 Å². The molecular weight excluding hydrogens is 365 g/mol. The highest BCUT2D eigenvalue weighted by molar-refractivity contribution is 6.30. The number of alkyl halides is 3. The zero-order valence-corrected chi connectivity index (χ0v) is 14.9. The quantitative estimate of drug-likeness (QED) is 0.490. The van der Waals surface area contributed by atoms with E-state index in [1.165, 1.54) is 36.4 Å². The molecule has 0 radical (unpaired) electrons. The molecule has 3 rings (SSSR count).